The fourth-order valence-corrected chi connectivity index (χ4v) is 4.05. The summed E-state index contributed by atoms with van der Waals surface area (Å²) in [5.74, 6) is 0.225. The van der Waals surface area contributed by atoms with Crippen LogP contribution in [0.1, 0.15) is 43.6 Å². The van der Waals surface area contributed by atoms with Crippen LogP contribution in [0.25, 0.3) is 17.1 Å². The van der Waals surface area contributed by atoms with Gasteiger partial charge in [-0.3, -0.25) is 5.43 Å². The summed E-state index contributed by atoms with van der Waals surface area (Å²) in [4.78, 5) is 4.48. The van der Waals surface area contributed by atoms with Gasteiger partial charge in [0.2, 0.25) is 0 Å². The number of hydrogen-bond donors (Lipinski definition) is 2. The number of aromatic nitrogens is 3. The van der Waals surface area contributed by atoms with E-state index in [1.165, 1.54) is 47.3 Å². The number of hydrogen-bond acceptors (Lipinski definition) is 5. The molecule has 0 aliphatic rings. The highest BCUT2D eigenvalue weighted by Crippen LogP contribution is 2.26. The van der Waals surface area contributed by atoms with Crippen molar-refractivity contribution in [1.29, 1.82) is 0 Å². The van der Waals surface area contributed by atoms with Gasteiger partial charge < -0.3 is 10.1 Å². The number of rotatable bonds is 8. The average Bonchev–Trinajstić information content (AvgIpc) is 3.34. The predicted molar refractivity (Wildman–Crippen MR) is 150 cm³/mol. The number of nitrogens with one attached hydrogen (secondary N) is 2. The summed E-state index contributed by atoms with van der Waals surface area (Å²) in [6.07, 6.45) is -2.98. The minimum atomic E-state index is -4.78. The van der Waals surface area contributed by atoms with Crippen LogP contribution in [-0.4, -0.2) is 32.5 Å². The maximum Gasteiger partial charge on any atom is 0.573 e. The van der Waals surface area contributed by atoms with Gasteiger partial charge in [-0.05, 0) is 66.2 Å². The lowest BCUT2D eigenvalue weighted by atomic mass is 10.0. The van der Waals surface area contributed by atoms with Gasteiger partial charge in [0, 0.05) is 23.2 Å². The zero-order chi connectivity index (χ0) is 28.9. The van der Waals surface area contributed by atoms with E-state index in [0.717, 1.165) is 11.3 Å². The predicted octanol–water partition coefficient (Wildman–Crippen LogP) is 6.98. The van der Waals surface area contributed by atoms with Crippen molar-refractivity contribution in [3.63, 3.8) is 0 Å². The Labute approximate surface area is 233 Å². The minimum Gasteiger partial charge on any atom is -0.406 e. The number of halogens is 4. The molecular formula is C28H26F4N6OS. The zero-order valence-corrected chi connectivity index (χ0v) is 22.6. The smallest absolute Gasteiger partial charge is 0.406 e. The van der Waals surface area contributed by atoms with E-state index in [1.807, 2.05) is 31.2 Å². The summed E-state index contributed by atoms with van der Waals surface area (Å²) < 4.78 is 57.7. The lowest BCUT2D eigenvalue weighted by molar-refractivity contribution is -0.274. The fourth-order valence-electron chi connectivity index (χ4n) is 3.89. The molecule has 7 nitrogen and oxygen atoms in total. The molecule has 3 aromatic carbocycles. The largest absolute Gasteiger partial charge is 0.573 e. The van der Waals surface area contributed by atoms with Crippen molar-refractivity contribution < 1.29 is 22.3 Å². The van der Waals surface area contributed by atoms with Crippen LogP contribution in [0.4, 0.5) is 23.2 Å². The summed E-state index contributed by atoms with van der Waals surface area (Å²) in [5.41, 5.74) is 5.80. The second-order valence-electron chi connectivity index (χ2n) is 8.96. The van der Waals surface area contributed by atoms with E-state index >= 15 is 0 Å². The molecule has 1 aromatic heterocycles. The molecule has 0 radical (unpaired) electrons. The summed E-state index contributed by atoms with van der Waals surface area (Å²) in [6, 6.07) is 17.5. The molecule has 0 fully saturated rings. The van der Waals surface area contributed by atoms with Crippen molar-refractivity contribution in [2.75, 3.05) is 5.32 Å². The van der Waals surface area contributed by atoms with Gasteiger partial charge in [0.25, 0.3) is 0 Å². The van der Waals surface area contributed by atoms with Crippen LogP contribution in [-0.2, 0) is 6.42 Å². The molecule has 0 aliphatic heterocycles. The summed E-state index contributed by atoms with van der Waals surface area (Å²) in [7, 11) is 0. The maximum atomic E-state index is 14.9. The first-order valence-electron chi connectivity index (χ1n) is 12.3. The zero-order valence-electron chi connectivity index (χ0n) is 21.8. The topological polar surface area (TPSA) is 76.4 Å². The number of anilines is 1. The number of aryl methyl sites for hydroxylation is 1. The molecule has 0 aliphatic carbocycles. The molecule has 0 amide bonds. The third-order valence-electron chi connectivity index (χ3n) is 5.76. The Morgan fingerprint density at radius 3 is 2.48 bits per heavy atom. The van der Waals surface area contributed by atoms with E-state index in [1.54, 1.807) is 6.07 Å². The Morgan fingerprint density at radius 1 is 1.10 bits per heavy atom. The molecule has 0 atom stereocenters. The number of benzene rings is 3. The number of alkyl halides is 3. The molecule has 208 valence electrons. The molecule has 0 saturated carbocycles. The number of para-hydroxylation sites is 1. The van der Waals surface area contributed by atoms with E-state index in [2.05, 4.69) is 44.5 Å². The molecule has 0 bridgehead atoms. The molecule has 4 aromatic rings. The van der Waals surface area contributed by atoms with E-state index in [0.29, 0.717) is 29.4 Å². The van der Waals surface area contributed by atoms with Crippen LogP contribution in [0, 0.1) is 5.82 Å². The number of thiocarbonyl (C=S) groups is 1. The number of hydrazone groups is 1. The monoisotopic (exact) mass is 570 g/mol. The number of ether oxygens (including phenoxy) is 1. The molecule has 0 spiro atoms. The van der Waals surface area contributed by atoms with Crippen LogP contribution in [0.5, 0.6) is 5.75 Å². The van der Waals surface area contributed by atoms with E-state index in [9.17, 15) is 17.6 Å². The second kappa shape index (κ2) is 12.2. The van der Waals surface area contributed by atoms with E-state index in [-0.39, 0.29) is 22.2 Å². The van der Waals surface area contributed by atoms with E-state index in [4.69, 9.17) is 12.2 Å². The summed E-state index contributed by atoms with van der Waals surface area (Å²) >= 11 is 5.31. The normalized spacial score (nSPS) is 11.7. The Morgan fingerprint density at radius 2 is 1.82 bits per heavy atom. The van der Waals surface area contributed by atoms with Crippen molar-refractivity contribution in [2.24, 2.45) is 5.10 Å². The Hall–Kier alpha value is -4.32. The van der Waals surface area contributed by atoms with Gasteiger partial charge in [-0.1, -0.05) is 45.0 Å². The van der Waals surface area contributed by atoms with Gasteiger partial charge in [0.15, 0.2) is 10.9 Å². The summed E-state index contributed by atoms with van der Waals surface area (Å²) in [6.45, 7) is 6.03. The SMILES string of the molecule is CCc1nc(-c2ccc(C=NNC(=S)Nc3ccccc3C(C)C)c(F)c2)nn1-c1ccc(OC(F)(F)F)cc1. The Balaban J connectivity index is 1.45. The third-order valence-corrected chi connectivity index (χ3v) is 5.96. The molecule has 1 heterocycles. The van der Waals surface area contributed by atoms with Crippen LogP contribution in [0.15, 0.2) is 71.8 Å². The molecule has 2 N–H and O–H groups in total. The highest BCUT2D eigenvalue weighted by Gasteiger charge is 2.31. The molecule has 0 saturated heterocycles. The fraction of sp³-hybridized carbons (Fsp3) is 0.214. The highest BCUT2D eigenvalue weighted by atomic mass is 32.1. The van der Waals surface area contributed by atoms with Crippen molar-refractivity contribution in [3.05, 3.63) is 89.5 Å². The van der Waals surface area contributed by atoms with Crippen LogP contribution < -0.4 is 15.5 Å². The van der Waals surface area contributed by atoms with Gasteiger partial charge >= 0.3 is 6.36 Å². The van der Waals surface area contributed by atoms with Crippen molar-refractivity contribution in [3.8, 4) is 22.8 Å². The first kappa shape index (κ1) is 28.7. The molecule has 40 heavy (non-hydrogen) atoms. The van der Waals surface area contributed by atoms with Gasteiger partial charge in [0.1, 0.15) is 17.4 Å². The summed E-state index contributed by atoms with van der Waals surface area (Å²) in [5, 5.41) is 11.9. The molecular weight excluding hydrogens is 544 g/mol. The van der Waals surface area contributed by atoms with Crippen molar-refractivity contribution in [1.82, 2.24) is 20.2 Å². The Kier molecular flexibility index (Phi) is 8.78. The van der Waals surface area contributed by atoms with Crippen LogP contribution >= 0.6 is 12.2 Å². The van der Waals surface area contributed by atoms with Crippen LogP contribution in [0.3, 0.4) is 0 Å². The lowest BCUT2D eigenvalue weighted by Crippen LogP contribution is -2.24. The first-order chi connectivity index (χ1) is 19.0. The molecule has 4 rings (SSSR count). The first-order valence-corrected chi connectivity index (χ1v) is 12.8. The quantitative estimate of drug-likeness (QED) is 0.103. The lowest BCUT2D eigenvalue weighted by Gasteiger charge is -2.14. The van der Waals surface area contributed by atoms with Gasteiger partial charge in [0.05, 0.1) is 11.9 Å². The highest BCUT2D eigenvalue weighted by molar-refractivity contribution is 7.80. The third kappa shape index (κ3) is 7.20. The van der Waals surface area contributed by atoms with E-state index < -0.39 is 12.2 Å². The maximum absolute atomic E-state index is 14.9. The van der Waals surface area contributed by atoms with Gasteiger partial charge in [-0.15, -0.1) is 18.3 Å². The average molecular weight is 571 g/mol. The molecule has 12 heteroatoms. The number of nitrogens with zero attached hydrogens (tertiary/aromatic N) is 4. The van der Waals surface area contributed by atoms with Crippen molar-refractivity contribution >= 4 is 29.2 Å². The van der Waals surface area contributed by atoms with Gasteiger partial charge in [-0.25, -0.2) is 14.1 Å². The minimum absolute atomic E-state index is 0.219. The molecule has 0 unspecified atom stereocenters. The van der Waals surface area contributed by atoms with Gasteiger partial charge in [-0.2, -0.15) is 5.10 Å². The standard InChI is InChI=1S/C28H26F4N6OS/c1-4-25-35-26(37-38(25)20-11-13-21(14-12-20)39-28(30,31)32)18-9-10-19(23(29)15-18)16-33-36-27(40)34-24-8-6-5-7-22(24)17(2)3/h5-17H,4H2,1-3H3,(H2,34,36,40). The van der Waals surface area contributed by atoms with Crippen molar-refractivity contribution in [2.45, 2.75) is 39.5 Å². The Bertz CT molecular complexity index is 1520. The van der Waals surface area contributed by atoms with Crippen LogP contribution in [0.2, 0.25) is 0 Å². The second-order valence-corrected chi connectivity index (χ2v) is 9.37.